The molecule has 0 aliphatic heterocycles. The van der Waals surface area contributed by atoms with Gasteiger partial charge in [0.25, 0.3) is 5.91 Å². The zero-order valence-electron chi connectivity index (χ0n) is 13.4. The first-order valence-corrected chi connectivity index (χ1v) is 8.16. The smallest absolute Gasteiger partial charge is 0.332 e. The number of amides is 2. The van der Waals surface area contributed by atoms with E-state index in [1.165, 1.54) is 13.1 Å². The first kappa shape index (κ1) is 18.2. The summed E-state index contributed by atoms with van der Waals surface area (Å²) < 4.78 is 5.12. The molecule has 2 amide bonds. The van der Waals surface area contributed by atoms with Crippen LogP contribution in [0.25, 0.3) is 0 Å². The van der Waals surface area contributed by atoms with Gasteiger partial charge in [0.15, 0.2) is 6.61 Å². The lowest BCUT2D eigenvalue weighted by Crippen LogP contribution is -2.56. The molecule has 2 N–H and O–H groups in total. The molecule has 0 bridgehead atoms. The van der Waals surface area contributed by atoms with E-state index in [-0.39, 0.29) is 5.91 Å². The SMILES string of the molecule is CC(=O)NC1(C(=O)OCC(=O)Nc2ccc(Cl)cn2)CCCCC1. The molecule has 24 heavy (non-hydrogen) atoms. The van der Waals surface area contributed by atoms with Crippen LogP contribution in [0.1, 0.15) is 39.0 Å². The van der Waals surface area contributed by atoms with Crippen LogP contribution >= 0.6 is 11.6 Å². The van der Waals surface area contributed by atoms with Gasteiger partial charge in [-0.1, -0.05) is 30.9 Å². The highest BCUT2D eigenvalue weighted by molar-refractivity contribution is 6.30. The molecule has 1 aromatic heterocycles. The van der Waals surface area contributed by atoms with Crippen molar-refractivity contribution >= 4 is 35.2 Å². The predicted molar refractivity (Wildman–Crippen MR) is 88.5 cm³/mol. The molecule has 8 heteroatoms. The van der Waals surface area contributed by atoms with Crippen LogP contribution in [0.3, 0.4) is 0 Å². The molecule has 1 saturated carbocycles. The third-order valence-electron chi connectivity index (χ3n) is 3.84. The second-order valence-corrected chi connectivity index (χ2v) is 6.25. The van der Waals surface area contributed by atoms with Crippen molar-refractivity contribution in [3.63, 3.8) is 0 Å². The van der Waals surface area contributed by atoms with Crippen molar-refractivity contribution in [3.8, 4) is 0 Å². The number of halogens is 1. The van der Waals surface area contributed by atoms with Gasteiger partial charge in [-0.25, -0.2) is 9.78 Å². The molecule has 2 rings (SSSR count). The van der Waals surface area contributed by atoms with Crippen LogP contribution in [0.4, 0.5) is 5.82 Å². The monoisotopic (exact) mass is 353 g/mol. The van der Waals surface area contributed by atoms with Crippen LogP contribution in [-0.2, 0) is 19.1 Å². The second-order valence-electron chi connectivity index (χ2n) is 5.81. The lowest BCUT2D eigenvalue weighted by atomic mass is 9.81. The van der Waals surface area contributed by atoms with Gasteiger partial charge in [0.2, 0.25) is 5.91 Å². The predicted octanol–water partition coefficient (Wildman–Crippen LogP) is 2.06. The molecule has 1 aliphatic carbocycles. The van der Waals surface area contributed by atoms with Crippen molar-refractivity contribution in [3.05, 3.63) is 23.4 Å². The van der Waals surface area contributed by atoms with Gasteiger partial charge >= 0.3 is 5.97 Å². The van der Waals surface area contributed by atoms with Crippen LogP contribution < -0.4 is 10.6 Å². The molecule has 130 valence electrons. The number of carbonyl (C=O) groups excluding carboxylic acids is 3. The Morgan fingerprint density at radius 1 is 1.25 bits per heavy atom. The van der Waals surface area contributed by atoms with Gasteiger partial charge in [-0.05, 0) is 25.0 Å². The Balaban J connectivity index is 1.91. The van der Waals surface area contributed by atoms with E-state index in [4.69, 9.17) is 16.3 Å². The number of anilines is 1. The lowest BCUT2D eigenvalue weighted by Gasteiger charge is -2.35. The molecule has 7 nitrogen and oxygen atoms in total. The molecule has 0 radical (unpaired) electrons. The van der Waals surface area contributed by atoms with E-state index >= 15 is 0 Å². The molecule has 1 aromatic rings. The summed E-state index contributed by atoms with van der Waals surface area (Å²) in [5.74, 6) is -1.05. The fourth-order valence-corrected chi connectivity index (χ4v) is 2.88. The Hall–Kier alpha value is -2.15. The van der Waals surface area contributed by atoms with Crippen molar-refractivity contribution in [2.45, 2.75) is 44.6 Å². The van der Waals surface area contributed by atoms with E-state index in [1.807, 2.05) is 0 Å². The minimum absolute atomic E-state index is 0.288. The highest BCUT2D eigenvalue weighted by Gasteiger charge is 2.41. The number of nitrogens with one attached hydrogen (secondary N) is 2. The zero-order chi connectivity index (χ0) is 17.6. The molecule has 0 atom stereocenters. The molecular weight excluding hydrogens is 334 g/mol. The number of nitrogens with zero attached hydrogens (tertiary/aromatic N) is 1. The topological polar surface area (TPSA) is 97.4 Å². The van der Waals surface area contributed by atoms with E-state index in [2.05, 4.69) is 15.6 Å². The number of carbonyl (C=O) groups is 3. The van der Waals surface area contributed by atoms with Crippen molar-refractivity contribution in [1.29, 1.82) is 0 Å². The van der Waals surface area contributed by atoms with Crippen LogP contribution in [0.5, 0.6) is 0 Å². The second kappa shape index (κ2) is 8.10. The highest BCUT2D eigenvalue weighted by Crippen LogP contribution is 2.29. The van der Waals surface area contributed by atoms with E-state index < -0.39 is 24.0 Å². The van der Waals surface area contributed by atoms with Gasteiger partial charge in [0.1, 0.15) is 11.4 Å². The Bertz CT molecular complexity index is 612. The Kier molecular flexibility index (Phi) is 6.14. The number of hydrogen-bond donors (Lipinski definition) is 2. The number of hydrogen-bond acceptors (Lipinski definition) is 5. The maximum atomic E-state index is 12.4. The first-order chi connectivity index (χ1) is 11.4. The molecule has 0 unspecified atom stereocenters. The largest absolute Gasteiger partial charge is 0.454 e. The van der Waals surface area contributed by atoms with Crippen molar-refractivity contribution in [2.75, 3.05) is 11.9 Å². The summed E-state index contributed by atoms with van der Waals surface area (Å²) in [6, 6.07) is 3.13. The Morgan fingerprint density at radius 3 is 2.54 bits per heavy atom. The van der Waals surface area contributed by atoms with Gasteiger partial charge in [-0.15, -0.1) is 0 Å². The standard InChI is InChI=1S/C16H20ClN3O4/c1-11(21)20-16(7-3-2-4-8-16)15(23)24-10-14(22)19-13-6-5-12(17)9-18-13/h5-6,9H,2-4,7-8,10H2,1H3,(H,20,21)(H,18,19,22). The third-order valence-corrected chi connectivity index (χ3v) is 4.07. The molecule has 0 saturated heterocycles. The van der Waals surface area contributed by atoms with Crippen molar-refractivity contribution < 1.29 is 19.1 Å². The lowest BCUT2D eigenvalue weighted by molar-refractivity contribution is -0.157. The molecule has 1 aliphatic rings. The fraction of sp³-hybridized carbons (Fsp3) is 0.500. The minimum Gasteiger partial charge on any atom is -0.454 e. The number of rotatable bonds is 5. The normalized spacial score (nSPS) is 16.1. The molecule has 1 heterocycles. The van der Waals surface area contributed by atoms with Gasteiger partial charge in [0.05, 0.1) is 5.02 Å². The summed E-state index contributed by atoms with van der Waals surface area (Å²) in [7, 11) is 0. The third kappa shape index (κ3) is 4.92. The number of esters is 1. The summed E-state index contributed by atoms with van der Waals surface area (Å²) >= 11 is 5.71. The van der Waals surface area contributed by atoms with Crippen LogP contribution in [-0.4, -0.2) is 34.9 Å². The highest BCUT2D eigenvalue weighted by atomic mass is 35.5. The summed E-state index contributed by atoms with van der Waals surface area (Å²) in [6.07, 6.45) is 5.11. The minimum atomic E-state index is -1.02. The first-order valence-electron chi connectivity index (χ1n) is 7.79. The molecule has 1 fully saturated rings. The summed E-state index contributed by atoms with van der Waals surface area (Å²) in [5, 5.41) is 5.66. The summed E-state index contributed by atoms with van der Waals surface area (Å²) in [6.45, 7) is 0.924. The van der Waals surface area contributed by atoms with E-state index in [1.54, 1.807) is 12.1 Å². The number of ether oxygens (including phenoxy) is 1. The van der Waals surface area contributed by atoms with Gasteiger partial charge < -0.3 is 15.4 Å². The van der Waals surface area contributed by atoms with Gasteiger partial charge in [0, 0.05) is 13.1 Å². The maximum Gasteiger partial charge on any atom is 0.332 e. The number of aromatic nitrogens is 1. The van der Waals surface area contributed by atoms with E-state index in [0.717, 1.165) is 19.3 Å². The molecule has 0 aromatic carbocycles. The fourth-order valence-electron chi connectivity index (χ4n) is 2.77. The van der Waals surface area contributed by atoms with Crippen molar-refractivity contribution in [2.24, 2.45) is 0 Å². The molecular formula is C16H20ClN3O4. The number of pyridine rings is 1. The summed E-state index contributed by atoms with van der Waals surface area (Å²) in [4.78, 5) is 39.6. The van der Waals surface area contributed by atoms with E-state index in [9.17, 15) is 14.4 Å². The van der Waals surface area contributed by atoms with E-state index in [0.29, 0.717) is 23.7 Å². The van der Waals surface area contributed by atoms with Crippen LogP contribution in [0.2, 0.25) is 5.02 Å². The quantitative estimate of drug-likeness (QED) is 0.789. The van der Waals surface area contributed by atoms with Crippen LogP contribution in [0, 0.1) is 0 Å². The van der Waals surface area contributed by atoms with Crippen LogP contribution in [0.15, 0.2) is 18.3 Å². The van der Waals surface area contributed by atoms with Crippen molar-refractivity contribution in [1.82, 2.24) is 10.3 Å². The Labute approximate surface area is 145 Å². The van der Waals surface area contributed by atoms with Gasteiger partial charge in [-0.3, -0.25) is 9.59 Å². The summed E-state index contributed by atoms with van der Waals surface area (Å²) in [5.41, 5.74) is -1.02. The Morgan fingerprint density at radius 2 is 1.96 bits per heavy atom. The maximum absolute atomic E-state index is 12.4. The molecule has 0 spiro atoms. The average Bonchev–Trinajstić information content (AvgIpc) is 2.55. The van der Waals surface area contributed by atoms with Gasteiger partial charge in [-0.2, -0.15) is 0 Å². The zero-order valence-corrected chi connectivity index (χ0v) is 14.2. The average molecular weight is 354 g/mol.